The molecule has 1 amide bonds. The molecule has 0 radical (unpaired) electrons. The van der Waals surface area contributed by atoms with Gasteiger partial charge in [-0.25, -0.2) is 0 Å². The van der Waals surface area contributed by atoms with Gasteiger partial charge in [-0.1, -0.05) is 6.07 Å². The molecule has 1 unspecified atom stereocenters. The van der Waals surface area contributed by atoms with Gasteiger partial charge in [0.2, 0.25) is 5.82 Å². The largest absolute Gasteiger partial charge is 0.483 e. The molecule has 4 rings (SSSR count). The Bertz CT molecular complexity index is 849. The molecule has 3 aromatic rings. The van der Waals surface area contributed by atoms with Gasteiger partial charge in [0.05, 0.1) is 6.04 Å². The van der Waals surface area contributed by atoms with E-state index in [1.165, 1.54) is 17.2 Å². The van der Waals surface area contributed by atoms with Crippen LogP contribution in [0.3, 0.4) is 0 Å². The molecular weight excluding hydrogens is 340 g/mol. The lowest BCUT2D eigenvalue weighted by Crippen LogP contribution is -2.31. The zero-order valence-electron chi connectivity index (χ0n) is 13.6. The smallest absolute Gasteiger partial charge is 0.291 e. The molecule has 4 heterocycles. The van der Waals surface area contributed by atoms with Crippen molar-refractivity contribution in [3.63, 3.8) is 0 Å². The highest BCUT2D eigenvalue weighted by molar-refractivity contribution is 5.91. The van der Waals surface area contributed by atoms with E-state index in [4.69, 9.17) is 9.90 Å². The van der Waals surface area contributed by atoms with Crippen LogP contribution in [0.15, 0.2) is 37.2 Å². The van der Waals surface area contributed by atoms with Gasteiger partial charge in [0.15, 0.2) is 0 Å². The number of carboxylic acid groups (broad SMARTS) is 1. The molecule has 134 valence electrons. The van der Waals surface area contributed by atoms with Crippen LogP contribution in [-0.4, -0.2) is 63.9 Å². The summed E-state index contributed by atoms with van der Waals surface area (Å²) >= 11 is 0. The number of H-pyrrole nitrogens is 1. The highest BCUT2D eigenvalue weighted by atomic mass is 16.3. The normalized spacial score (nSPS) is 16.0. The summed E-state index contributed by atoms with van der Waals surface area (Å²) in [4.78, 5) is 31.3. The average molecular weight is 356 g/mol. The summed E-state index contributed by atoms with van der Waals surface area (Å²) in [5.41, 5.74) is 1.04. The van der Waals surface area contributed by atoms with E-state index in [1.54, 1.807) is 12.4 Å². The standard InChI is InChI=1S/C14H14N8O.CH2O2/c23-13(12-18-14(20-19-12)21-8-16-17-9-21)22-6-2-4-11(22)10-3-1-5-15-7-10;2-1-3/h1,3,5,7-9,11H,2,4,6H2,(H,18,19,20);1H,(H,2,3). The van der Waals surface area contributed by atoms with Crippen LogP contribution in [-0.2, 0) is 4.79 Å². The summed E-state index contributed by atoms with van der Waals surface area (Å²) in [6.07, 6.45) is 8.37. The van der Waals surface area contributed by atoms with Crippen LogP contribution in [0.5, 0.6) is 0 Å². The lowest BCUT2D eigenvalue weighted by molar-refractivity contribution is -0.122. The molecule has 0 aliphatic carbocycles. The van der Waals surface area contributed by atoms with Gasteiger partial charge in [-0.2, -0.15) is 4.98 Å². The van der Waals surface area contributed by atoms with E-state index in [9.17, 15) is 4.79 Å². The fraction of sp³-hybridized carbons (Fsp3) is 0.267. The van der Waals surface area contributed by atoms with E-state index < -0.39 is 0 Å². The first-order chi connectivity index (χ1) is 12.7. The Hall–Kier alpha value is -3.63. The lowest BCUT2D eigenvalue weighted by atomic mass is 10.1. The first-order valence-corrected chi connectivity index (χ1v) is 7.80. The fourth-order valence-corrected chi connectivity index (χ4v) is 2.83. The van der Waals surface area contributed by atoms with E-state index in [0.717, 1.165) is 18.4 Å². The summed E-state index contributed by atoms with van der Waals surface area (Å²) in [5, 5.41) is 21.0. The summed E-state index contributed by atoms with van der Waals surface area (Å²) in [5.74, 6) is 0.392. The van der Waals surface area contributed by atoms with Gasteiger partial charge < -0.3 is 10.0 Å². The van der Waals surface area contributed by atoms with Gasteiger partial charge in [0, 0.05) is 18.9 Å². The number of amides is 1. The number of hydrogen-bond donors (Lipinski definition) is 2. The maximum atomic E-state index is 12.7. The lowest BCUT2D eigenvalue weighted by Gasteiger charge is -2.23. The molecular formula is C15H16N8O3. The molecule has 0 saturated carbocycles. The van der Waals surface area contributed by atoms with E-state index in [0.29, 0.717) is 12.5 Å². The molecule has 1 aliphatic heterocycles. The zero-order valence-corrected chi connectivity index (χ0v) is 13.6. The van der Waals surface area contributed by atoms with Crippen molar-refractivity contribution in [1.82, 2.24) is 39.8 Å². The van der Waals surface area contributed by atoms with Crippen LogP contribution < -0.4 is 0 Å². The molecule has 26 heavy (non-hydrogen) atoms. The first kappa shape index (κ1) is 17.2. The van der Waals surface area contributed by atoms with Gasteiger partial charge in [-0.3, -0.25) is 24.2 Å². The van der Waals surface area contributed by atoms with E-state index in [-0.39, 0.29) is 24.2 Å². The van der Waals surface area contributed by atoms with Crippen LogP contribution in [0, 0.1) is 0 Å². The minimum Gasteiger partial charge on any atom is -0.483 e. The number of rotatable bonds is 3. The molecule has 0 spiro atoms. The van der Waals surface area contributed by atoms with Crippen molar-refractivity contribution >= 4 is 12.4 Å². The maximum absolute atomic E-state index is 12.7. The van der Waals surface area contributed by atoms with Gasteiger partial charge >= 0.3 is 0 Å². The number of aromatic nitrogens is 7. The molecule has 1 fully saturated rings. The number of nitrogens with one attached hydrogen (secondary N) is 1. The Balaban J connectivity index is 0.000000613. The predicted molar refractivity (Wildman–Crippen MR) is 87.2 cm³/mol. The van der Waals surface area contributed by atoms with Gasteiger partial charge in [-0.05, 0) is 24.5 Å². The minimum atomic E-state index is -0.250. The Morgan fingerprint density at radius 3 is 2.81 bits per heavy atom. The van der Waals surface area contributed by atoms with Crippen molar-refractivity contribution in [1.29, 1.82) is 0 Å². The molecule has 2 N–H and O–H groups in total. The molecule has 1 aliphatic rings. The number of carbonyl (C=O) groups is 2. The highest BCUT2D eigenvalue weighted by Gasteiger charge is 2.32. The van der Waals surface area contributed by atoms with E-state index in [2.05, 4.69) is 30.4 Å². The third kappa shape index (κ3) is 3.55. The number of carbonyl (C=O) groups excluding carboxylic acids is 1. The number of hydrogen-bond acceptors (Lipinski definition) is 7. The Morgan fingerprint density at radius 1 is 1.35 bits per heavy atom. The average Bonchev–Trinajstić information content (AvgIpc) is 3.43. The third-order valence-corrected chi connectivity index (χ3v) is 3.91. The number of pyridine rings is 1. The molecule has 11 nitrogen and oxygen atoms in total. The van der Waals surface area contributed by atoms with Gasteiger partial charge in [0.1, 0.15) is 12.7 Å². The minimum absolute atomic E-state index is 0.0275. The summed E-state index contributed by atoms with van der Waals surface area (Å²) < 4.78 is 1.54. The number of aromatic amines is 1. The summed E-state index contributed by atoms with van der Waals surface area (Å²) in [6.45, 7) is 0.445. The number of nitrogens with zero attached hydrogens (tertiary/aromatic N) is 7. The second-order valence-electron chi connectivity index (χ2n) is 5.40. The first-order valence-electron chi connectivity index (χ1n) is 7.80. The Labute approximate surface area is 147 Å². The molecule has 0 aromatic carbocycles. The Kier molecular flexibility index (Phi) is 5.27. The van der Waals surface area contributed by atoms with Crippen molar-refractivity contribution < 1.29 is 14.7 Å². The van der Waals surface area contributed by atoms with Crippen molar-refractivity contribution in [3.05, 3.63) is 48.6 Å². The fourth-order valence-electron chi connectivity index (χ4n) is 2.83. The van der Waals surface area contributed by atoms with Crippen LogP contribution in [0.2, 0.25) is 0 Å². The Morgan fingerprint density at radius 2 is 2.12 bits per heavy atom. The van der Waals surface area contributed by atoms with Crippen LogP contribution in [0.1, 0.15) is 35.1 Å². The zero-order chi connectivity index (χ0) is 18.4. The third-order valence-electron chi connectivity index (χ3n) is 3.91. The van der Waals surface area contributed by atoms with Crippen LogP contribution >= 0.6 is 0 Å². The van der Waals surface area contributed by atoms with Crippen molar-refractivity contribution in [2.45, 2.75) is 18.9 Å². The number of likely N-dealkylation sites (tertiary alicyclic amines) is 1. The monoisotopic (exact) mass is 356 g/mol. The van der Waals surface area contributed by atoms with Gasteiger partial charge in [-0.15, -0.1) is 15.3 Å². The van der Waals surface area contributed by atoms with Crippen LogP contribution in [0.25, 0.3) is 5.95 Å². The second kappa shape index (κ2) is 7.96. The molecule has 11 heteroatoms. The van der Waals surface area contributed by atoms with Crippen molar-refractivity contribution in [3.8, 4) is 5.95 Å². The summed E-state index contributed by atoms with van der Waals surface area (Å²) in [6, 6.07) is 3.90. The predicted octanol–water partition coefficient (Wildman–Crippen LogP) is 0.458. The molecule has 1 saturated heterocycles. The molecule has 3 aromatic heterocycles. The molecule has 0 bridgehead atoms. The van der Waals surface area contributed by atoms with E-state index >= 15 is 0 Å². The SMILES string of the molecule is O=C(c1nc(-n2cnnc2)n[nH]1)N1CCCC1c1cccnc1.O=CO. The van der Waals surface area contributed by atoms with Crippen molar-refractivity contribution in [2.24, 2.45) is 0 Å². The summed E-state index contributed by atoms with van der Waals surface area (Å²) in [7, 11) is 0. The van der Waals surface area contributed by atoms with Gasteiger partial charge in [0.25, 0.3) is 18.3 Å². The van der Waals surface area contributed by atoms with Crippen LogP contribution in [0.4, 0.5) is 0 Å². The second-order valence-corrected chi connectivity index (χ2v) is 5.40. The maximum Gasteiger partial charge on any atom is 0.291 e. The highest BCUT2D eigenvalue weighted by Crippen LogP contribution is 2.32. The molecule has 1 atom stereocenters. The quantitative estimate of drug-likeness (QED) is 0.644. The van der Waals surface area contributed by atoms with E-state index in [1.807, 2.05) is 17.0 Å². The topological polar surface area (TPSA) is 143 Å². The van der Waals surface area contributed by atoms with Crippen molar-refractivity contribution in [2.75, 3.05) is 6.54 Å².